The van der Waals surface area contributed by atoms with Crippen molar-refractivity contribution in [3.8, 4) is 0 Å². The Bertz CT molecular complexity index is 539. The lowest BCUT2D eigenvalue weighted by Crippen LogP contribution is -2.24. The fourth-order valence-electron chi connectivity index (χ4n) is 1.56. The minimum absolute atomic E-state index is 0.487. The van der Waals surface area contributed by atoms with Crippen LogP contribution in [-0.2, 0) is 0 Å². The quantitative estimate of drug-likeness (QED) is 0.921. The molecule has 0 atom stereocenters. The third-order valence-electron chi connectivity index (χ3n) is 2.43. The number of hydrogen-bond donors (Lipinski definition) is 1. The summed E-state index contributed by atoms with van der Waals surface area (Å²) in [6.07, 6.45) is 4.08. The van der Waals surface area contributed by atoms with Crippen LogP contribution >= 0.6 is 22.9 Å². The van der Waals surface area contributed by atoms with Gasteiger partial charge in [0.15, 0.2) is 10.1 Å². The fourth-order valence-corrected chi connectivity index (χ4v) is 2.55. The molecule has 0 aromatic carbocycles. The molecule has 0 unspecified atom stereocenters. The van der Waals surface area contributed by atoms with Gasteiger partial charge in [0.1, 0.15) is 0 Å². The fraction of sp³-hybridized carbons (Fsp3) is 0.417. The van der Waals surface area contributed by atoms with Crippen molar-refractivity contribution in [3.63, 3.8) is 0 Å². The molecule has 5 heteroatoms. The Labute approximate surface area is 110 Å². The number of thiazole rings is 1. The average molecular weight is 270 g/mol. The van der Waals surface area contributed by atoms with Gasteiger partial charge < -0.3 is 5.32 Å². The molecule has 0 aliphatic carbocycles. The maximum absolute atomic E-state index is 6.13. The van der Waals surface area contributed by atoms with Gasteiger partial charge in [-0.3, -0.25) is 4.40 Å². The van der Waals surface area contributed by atoms with Crippen molar-refractivity contribution < 1.29 is 0 Å². The van der Waals surface area contributed by atoms with Crippen LogP contribution in [0, 0.1) is 0 Å². The number of halogens is 1. The van der Waals surface area contributed by atoms with Crippen LogP contribution in [0.3, 0.4) is 0 Å². The molecule has 0 aliphatic heterocycles. The molecule has 1 N–H and O–H groups in total. The Kier molecular flexibility index (Phi) is 3.86. The van der Waals surface area contributed by atoms with Gasteiger partial charge in [-0.25, -0.2) is 4.98 Å². The van der Waals surface area contributed by atoms with Gasteiger partial charge in [0.2, 0.25) is 0 Å². The smallest absolute Gasteiger partial charge is 0.195 e. The molecule has 2 aromatic rings. The highest BCUT2D eigenvalue weighted by Gasteiger charge is 2.08. The number of nitrogens with zero attached hydrogens (tertiary/aromatic N) is 2. The summed E-state index contributed by atoms with van der Waals surface area (Å²) >= 11 is 7.72. The molecule has 0 fully saturated rings. The minimum Gasteiger partial charge on any atom is -0.311 e. The number of aromatic nitrogens is 2. The van der Waals surface area contributed by atoms with Gasteiger partial charge in [-0.2, -0.15) is 0 Å². The van der Waals surface area contributed by atoms with Crippen LogP contribution in [0.15, 0.2) is 17.2 Å². The highest BCUT2D eigenvalue weighted by Crippen LogP contribution is 2.23. The third kappa shape index (κ3) is 2.89. The molecule has 2 rings (SSSR count). The summed E-state index contributed by atoms with van der Waals surface area (Å²) in [4.78, 5) is 5.24. The second-order valence-electron chi connectivity index (χ2n) is 4.37. The number of imidazole rings is 1. The Morgan fingerprint density at radius 1 is 1.65 bits per heavy atom. The minimum atomic E-state index is 0.487. The van der Waals surface area contributed by atoms with E-state index in [9.17, 15) is 0 Å². The standard InChI is InChI=1S/C12H16ClN3S/c1-8(2)14-7-9(3)6-10-11(13)15-12-16(10)4-5-17-12/h4-6,8,14H,7H2,1-3H3. The number of nitrogens with one attached hydrogen (secondary N) is 1. The predicted octanol–water partition coefficient (Wildman–Crippen LogP) is 3.45. The van der Waals surface area contributed by atoms with E-state index in [-0.39, 0.29) is 0 Å². The van der Waals surface area contributed by atoms with Gasteiger partial charge >= 0.3 is 0 Å². The van der Waals surface area contributed by atoms with E-state index in [1.807, 2.05) is 16.0 Å². The maximum atomic E-state index is 6.13. The molecule has 0 spiro atoms. The average Bonchev–Trinajstić information content (AvgIpc) is 2.79. The molecule has 0 aliphatic rings. The van der Waals surface area contributed by atoms with Crippen molar-refractivity contribution in [1.29, 1.82) is 0 Å². The van der Waals surface area contributed by atoms with Crippen molar-refractivity contribution >= 4 is 34.0 Å². The first-order chi connectivity index (χ1) is 8.08. The zero-order valence-electron chi connectivity index (χ0n) is 10.2. The molecular formula is C12H16ClN3S. The second kappa shape index (κ2) is 5.21. The van der Waals surface area contributed by atoms with Gasteiger partial charge in [0.25, 0.3) is 0 Å². The molecular weight excluding hydrogens is 254 g/mol. The third-order valence-corrected chi connectivity index (χ3v) is 3.46. The van der Waals surface area contributed by atoms with Crippen LogP contribution in [0.4, 0.5) is 0 Å². The first-order valence-electron chi connectivity index (χ1n) is 5.59. The van der Waals surface area contributed by atoms with E-state index in [0.717, 1.165) is 17.2 Å². The molecule has 3 nitrogen and oxygen atoms in total. The molecule has 0 radical (unpaired) electrons. The van der Waals surface area contributed by atoms with Gasteiger partial charge in [0.05, 0.1) is 5.69 Å². The summed E-state index contributed by atoms with van der Waals surface area (Å²) in [7, 11) is 0. The number of fused-ring (bicyclic) bond motifs is 1. The van der Waals surface area contributed by atoms with E-state index in [4.69, 9.17) is 11.6 Å². The maximum Gasteiger partial charge on any atom is 0.195 e. The van der Waals surface area contributed by atoms with E-state index in [0.29, 0.717) is 11.2 Å². The SMILES string of the molecule is CC(=Cc1c(Cl)nc2sccn12)CNC(C)C. The normalized spacial score (nSPS) is 12.9. The Morgan fingerprint density at radius 3 is 3.12 bits per heavy atom. The van der Waals surface area contributed by atoms with Gasteiger partial charge in [-0.15, -0.1) is 11.3 Å². The van der Waals surface area contributed by atoms with Crippen LogP contribution in [0.2, 0.25) is 5.15 Å². The lowest BCUT2D eigenvalue weighted by atomic mass is 10.2. The predicted molar refractivity (Wildman–Crippen MR) is 74.9 cm³/mol. The Balaban J connectivity index is 2.24. The lowest BCUT2D eigenvalue weighted by Gasteiger charge is -2.07. The largest absolute Gasteiger partial charge is 0.311 e. The summed E-state index contributed by atoms with van der Waals surface area (Å²) in [5.41, 5.74) is 2.21. The van der Waals surface area contributed by atoms with Crippen LogP contribution < -0.4 is 5.32 Å². The molecule has 0 saturated heterocycles. The van der Waals surface area contributed by atoms with Gasteiger partial charge in [-0.05, 0) is 13.0 Å². The first-order valence-corrected chi connectivity index (χ1v) is 6.85. The van der Waals surface area contributed by atoms with Crippen LogP contribution in [0.25, 0.3) is 11.0 Å². The summed E-state index contributed by atoms with van der Waals surface area (Å²) in [6, 6.07) is 0.487. The molecule has 0 bridgehead atoms. The number of hydrogen-bond acceptors (Lipinski definition) is 3. The lowest BCUT2D eigenvalue weighted by molar-refractivity contribution is 0.622. The van der Waals surface area contributed by atoms with E-state index in [1.165, 1.54) is 5.57 Å². The van der Waals surface area contributed by atoms with Crippen LogP contribution in [0.1, 0.15) is 26.5 Å². The molecule has 2 heterocycles. The van der Waals surface area contributed by atoms with Crippen molar-refractivity contribution in [2.75, 3.05) is 6.54 Å². The summed E-state index contributed by atoms with van der Waals surface area (Å²) in [5.74, 6) is 0. The van der Waals surface area contributed by atoms with E-state index in [2.05, 4.69) is 37.1 Å². The highest BCUT2D eigenvalue weighted by molar-refractivity contribution is 7.15. The van der Waals surface area contributed by atoms with Crippen molar-refractivity contribution in [2.24, 2.45) is 0 Å². The van der Waals surface area contributed by atoms with E-state index >= 15 is 0 Å². The van der Waals surface area contributed by atoms with Crippen molar-refractivity contribution in [2.45, 2.75) is 26.8 Å². The molecule has 0 saturated carbocycles. The van der Waals surface area contributed by atoms with Crippen LogP contribution in [-0.4, -0.2) is 22.0 Å². The molecule has 0 amide bonds. The summed E-state index contributed by atoms with van der Waals surface area (Å²) in [5, 5.41) is 5.96. The van der Waals surface area contributed by atoms with Gasteiger partial charge in [0, 0.05) is 24.2 Å². The van der Waals surface area contributed by atoms with Gasteiger partial charge in [-0.1, -0.05) is 31.0 Å². The van der Waals surface area contributed by atoms with Crippen LogP contribution in [0.5, 0.6) is 0 Å². The van der Waals surface area contributed by atoms with E-state index < -0.39 is 0 Å². The highest BCUT2D eigenvalue weighted by atomic mass is 35.5. The zero-order valence-corrected chi connectivity index (χ0v) is 11.8. The Morgan fingerprint density at radius 2 is 2.41 bits per heavy atom. The zero-order chi connectivity index (χ0) is 12.4. The molecule has 17 heavy (non-hydrogen) atoms. The second-order valence-corrected chi connectivity index (χ2v) is 5.60. The number of rotatable bonds is 4. The monoisotopic (exact) mass is 269 g/mol. The first kappa shape index (κ1) is 12.6. The van der Waals surface area contributed by atoms with Crippen molar-refractivity contribution in [3.05, 3.63) is 28.0 Å². The topological polar surface area (TPSA) is 29.3 Å². The molecule has 92 valence electrons. The summed E-state index contributed by atoms with van der Waals surface area (Å²) in [6.45, 7) is 7.23. The van der Waals surface area contributed by atoms with E-state index in [1.54, 1.807) is 11.3 Å². The molecule has 2 aromatic heterocycles. The summed E-state index contributed by atoms with van der Waals surface area (Å²) < 4.78 is 2.02. The Hall–Kier alpha value is -0.840. The van der Waals surface area contributed by atoms with Crippen molar-refractivity contribution in [1.82, 2.24) is 14.7 Å².